The number of aliphatic hydroxyl groups is 1. The van der Waals surface area contributed by atoms with E-state index in [0.717, 1.165) is 5.56 Å². The van der Waals surface area contributed by atoms with Gasteiger partial charge in [-0.25, -0.2) is 0 Å². The molecular weight excluding hydrogens is 152 g/mol. The van der Waals surface area contributed by atoms with Crippen molar-refractivity contribution in [1.82, 2.24) is 0 Å². The van der Waals surface area contributed by atoms with E-state index in [1.54, 1.807) is 6.92 Å². The third kappa shape index (κ3) is 1.36. The molecule has 2 heteroatoms. The van der Waals surface area contributed by atoms with E-state index in [9.17, 15) is 5.11 Å². The lowest BCUT2D eigenvalue weighted by Gasteiger charge is -1.97. The molecule has 1 saturated heterocycles. The summed E-state index contributed by atoms with van der Waals surface area (Å²) in [5.41, 5.74) is 1.16. The molecule has 1 N–H and O–H groups in total. The zero-order valence-electron chi connectivity index (χ0n) is 6.97. The molecule has 2 rings (SSSR count). The second-order valence-electron chi connectivity index (χ2n) is 3.17. The van der Waals surface area contributed by atoms with Gasteiger partial charge in [0, 0.05) is 0 Å². The molecule has 0 radical (unpaired) electrons. The SMILES string of the molecule is C[C@H](O)[C@@H]1O[C@@H]1c1ccccc1. The molecule has 1 fully saturated rings. The fourth-order valence-electron chi connectivity index (χ4n) is 1.40. The van der Waals surface area contributed by atoms with Gasteiger partial charge in [0.1, 0.15) is 12.2 Å². The van der Waals surface area contributed by atoms with E-state index in [-0.39, 0.29) is 18.3 Å². The fraction of sp³-hybridized carbons (Fsp3) is 0.400. The number of aliphatic hydroxyl groups excluding tert-OH is 1. The van der Waals surface area contributed by atoms with Crippen molar-refractivity contribution >= 4 is 0 Å². The van der Waals surface area contributed by atoms with E-state index in [0.29, 0.717) is 0 Å². The lowest BCUT2D eigenvalue weighted by atomic mass is 10.1. The third-order valence-corrected chi connectivity index (χ3v) is 2.13. The predicted octanol–water partition coefficient (Wildman–Crippen LogP) is 1.51. The Kier molecular flexibility index (Phi) is 1.87. The van der Waals surface area contributed by atoms with Crippen LogP contribution in [0, 0.1) is 0 Å². The molecule has 1 aromatic carbocycles. The molecule has 1 aliphatic rings. The Bertz CT molecular complexity index is 256. The molecule has 0 bridgehead atoms. The van der Waals surface area contributed by atoms with Crippen molar-refractivity contribution < 1.29 is 9.84 Å². The molecule has 0 aliphatic carbocycles. The van der Waals surface area contributed by atoms with Crippen molar-refractivity contribution in [2.45, 2.75) is 25.2 Å². The van der Waals surface area contributed by atoms with Crippen molar-refractivity contribution in [1.29, 1.82) is 0 Å². The number of ether oxygens (including phenoxy) is 1. The first-order valence-electron chi connectivity index (χ1n) is 4.17. The van der Waals surface area contributed by atoms with Gasteiger partial charge in [-0.2, -0.15) is 0 Å². The van der Waals surface area contributed by atoms with Crippen LogP contribution in [0.5, 0.6) is 0 Å². The average Bonchev–Trinajstić information content (AvgIpc) is 2.84. The van der Waals surface area contributed by atoms with Crippen LogP contribution < -0.4 is 0 Å². The first-order valence-corrected chi connectivity index (χ1v) is 4.17. The maximum Gasteiger partial charge on any atom is 0.114 e. The van der Waals surface area contributed by atoms with Crippen molar-refractivity contribution in [3.8, 4) is 0 Å². The van der Waals surface area contributed by atoms with E-state index < -0.39 is 0 Å². The minimum Gasteiger partial charge on any atom is -0.391 e. The van der Waals surface area contributed by atoms with Crippen molar-refractivity contribution in [3.05, 3.63) is 35.9 Å². The second kappa shape index (κ2) is 2.88. The van der Waals surface area contributed by atoms with E-state index in [4.69, 9.17) is 4.74 Å². The van der Waals surface area contributed by atoms with Crippen molar-refractivity contribution in [2.24, 2.45) is 0 Å². The topological polar surface area (TPSA) is 32.8 Å². The quantitative estimate of drug-likeness (QED) is 0.672. The second-order valence-corrected chi connectivity index (χ2v) is 3.17. The van der Waals surface area contributed by atoms with Crippen LogP contribution in [-0.2, 0) is 4.74 Å². The Hall–Kier alpha value is -0.860. The maximum atomic E-state index is 9.20. The van der Waals surface area contributed by atoms with Crippen LogP contribution in [0.25, 0.3) is 0 Å². The normalized spacial score (nSPS) is 29.8. The maximum absolute atomic E-state index is 9.20. The molecule has 64 valence electrons. The Morgan fingerprint density at radius 2 is 2.00 bits per heavy atom. The number of rotatable bonds is 2. The van der Waals surface area contributed by atoms with Crippen LogP contribution in [0.4, 0.5) is 0 Å². The first kappa shape index (κ1) is 7.77. The molecule has 0 saturated carbocycles. The molecule has 0 spiro atoms. The predicted molar refractivity (Wildman–Crippen MR) is 45.7 cm³/mol. The molecule has 1 aliphatic heterocycles. The molecule has 12 heavy (non-hydrogen) atoms. The number of hydrogen-bond acceptors (Lipinski definition) is 2. The summed E-state index contributed by atoms with van der Waals surface area (Å²) < 4.78 is 5.31. The Balaban J connectivity index is 2.06. The highest BCUT2D eigenvalue weighted by molar-refractivity contribution is 5.22. The highest BCUT2D eigenvalue weighted by Gasteiger charge is 2.43. The van der Waals surface area contributed by atoms with Gasteiger partial charge in [0.25, 0.3) is 0 Å². The summed E-state index contributed by atoms with van der Waals surface area (Å²) in [5.74, 6) is 0. The molecule has 0 unspecified atom stereocenters. The van der Waals surface area contributed by atoms with Gasteiger partial charge < -0.3 is 9.84 Å². The van der Waals surface area contributed by atoms with Gasteiger partial charge in [0.2, 0.25) is 0 Å². The summed E-state index contributed by atoms with van der Waals surface area (Å²) in [6.45, 7) is 1.76. The van der Waals surface area contributed by atoms with Gasteiger partial charge in [-0.05, 0) is 12.5 Å². The van der Waals surface area contributed by atoms with Crippen LogP contribution >= 0.6 is 0 Å². The Labute approximate surface area is 71.8 Å². The first-order chi connectivity index (χ1) is 5.79. The highest BCUT2D eigenvalue weighted by atomic mass is 16.6. The summed E-state index contributed by atoms with van der Waals surface area (Å²) in [4.78, 5) is 0. The Morgan fingerprint density at radius 3 is 2.50 bits per heavy atom. The minimum absolute atomic E-state index is 0.00685. The van der Waals surface area contributed by atoms with Gasteiger partial charge in [-0.15, -0.1) is 0 Å². The van der Waals surface area contributed by atoms with Crippen LogP contribution in [0.2, 0.25) is 0 Å². The zero-order chi connectivity index (χ0) is 8.55. The smallest absolute Gasteiger partial charge is 0.114 e. The summed E-state index contributed by atoms with van der Waals surface area (Å²) in [6.07, 6.45) is -0.242. The zero-order valence-corrected chi connectivity index (χ0v) is 6.97. The number of benzene rings is 1. The minimum atomic E-state index is -0.366. The van der Waals surface area contributed by atoms with Crippen LogP contribution in [0.15, 0.2) is 30.3 Å². The molecule has 1 heterocycles. The van der Waals surface area contributed by atoms with E-state index in [2.05, 4.69) is 0 Å². The van der Waals surface area contributed by atoms with Crippen LogP contribution in [-0.4, -0.2) is 17.3 Å². The van der Waals surface area contributed by atoms with Crippen molar-refractivity contribution in [3.63, 3.8) is 0 Å². The number of epoxide rings is 1. The highest BCUT2D eigenvalue weighted by Crippen LogP contribution is 2.40. The third-order valence-electron chi connectivity index (χ3n) is 2.13. The summed E-state index contributed by atoms with van der Waals surface area (Å²) in [5, 5.41) is 9.20. The number of hydrogen-bond donors (Lipinski definition) is 1. The molecule has 1 aromatic rings. The Morgan fingerprint density at radius 1 is 1.33 bits per heavy atom. The van der Waals surface area contributed by atoms with Gasteiger partial charge in [-0.3, -0.25) is 0 Å². The van der Waals surface area contributed by atoms with Crippen LogP contribution in [0.3, 0.4) is 0 Å². The largest absolute Gasteiger partial charge is 0.391 e. The fourth-order valence-corrected chi connectivity index (χ4v) is 1.40. The summed E-state index contributed by atoms with van der Waals surface area (Å²) >= 11 is 0. The molecule has 0 amide bonds. The molecule has 3 atom stereocenters. The van der Waals surface area contributed by atoms with Gasteiger partial charge in [0.05, 0.1) is 6.10 Å². The van der Waals surface area contributed by atoms with Gasteiger partial charge in [-0.1, -0.05) is 30.3 Å². The van der Waals surface area contributed by atoms with Gasteiger partial charge in [0.15, 0.2) is 0 Å². The monoisotopic (exact) mass is 164 g/mol. The molecule has 2 nitrogen and oxygen atoms in total. The lowest BCUT2D eigenvalue weighted by Crippen LogP contribution is -2.09. The summed E-state index contributed by atoms with van der Waals surface area (Å²) in [7, 11) is 0. The molecule has 0 aromatic heterocycles. The van der Waals surface area contributed by atoms with Crippen molar-refractivity contribution in [2.75, 3.05) is 0 Å². The van der Waals surface area contributed by atoms with E-state index in [1.807, 2.05) is 30.3 Å². The molecular formula is C10H12O2. The van der Waals surface area contributed by atoms with Gasteiger partial charge >= 0.3 is 0 Å². The standard InChI is InChI=1S/C10H12O2/c1-7(11)9-10(12-9)8-5-3-2-4-6-8/h2-7,9-11H,1H3/t7-,9-,10+/m0/s1. The van der Waals surface area contributed by atoms with Crippen LogP contribution in [0.1, 0.15) is 18.6 Å². The lowest BCUT2D eigenvalue weighted by molar-refractivity contribution is 0.152. The summed E-state index contributed by atoms with van der Waals surface area (Å²) in [6, 6.07) is 9.98. The van der Waals surface area contributed by atoms with E-state index >= 15 is 0 Å². The van der Waals surface area contributed by atoms with E-state index in [1.165, 1.54) is 0 Å². The average molecular weight is 164 g/mol.